The summed E-state index contributed by atoms with van der Waals surface area (Å²) in [6.07, 6.45) is 3.86. The number of anilines is 1. The van der Waals surface area contributed by atoms with Gasteiger partial charge in [-0.1, -0.05) is 36.4 Å². The van der Waals surface area contributed by atoms with E-state index in [0.717, 1.165) is 40.7 Å². The van der Waals surface area contributed by atoms with Gasteiger partial charge in [-0.2, -0.15) is 5.10 Å². The molecule has 0 radical (unpaired) electrons. The third-order valence-corrected chi connectivity index (χ3v) is 5.20. The SMILES string of the molecule is Cc1ccccc1-n1ncc(C(=O)Nc2ccc3ccccc3n2)c1C1CC1. The second kappa shape index (κ2) is 6.60. The second-order valence-electron chi connectivity index (χ2n) is 7.26. The highest BCUT2D eigenvalue weighted by Gasteiger charge is 2.33. The van der Waals surface area contributed by atoms with Gasteiger partial charge in [0.15, 0.2) is 0 Å². The molecule has 0 aliphatic heterocycles. The fourth-order valence-corrected chi connectivity index (χ4v) is 3.59. The zero-order valence-corrected chi connectivity index (χ0v) is 15.6. The summed E-state index contributed by atoms with van der Waals surface area (Å²) < 4.78 is 1.93. The molecule has 28 heavy (non-hydrogen) atoms. The first kappa shape index (κ1) is 16.7. The minimum atomic E-state index is -0.162. The average Bonchev–Trinajstić information content (AvgIpc) is 3.46. The largest absolute Gasteiger partial charge is 0.306 e. The number of fused-ring (bicyclic) bond motifs is 1. The Kier molecular flexibility index (Phi) is 3.93. The van der Waals surface area contributed by atoms with Gasteiger partial charge in [0.05, 0.1) is 28.7 Å². The summed E-state index contributed by atoms with van der Waals surface area (Å²) in [5.74, 6) is 0.769. The minimum Gasteiger partial charge on any atom is -0.306 e. The summed E-state index contributed by atoms with van der Waals surface area (Å²) >= 11 is 0. The third-order valence-electron chi connectivity index (χ3n) is 5.20. The molecule has 1 aliphatic rings. The van der Waals surface area contributed by atoms with Crippen LogP contribution in [0.4, 0.5) is 5.82 Å². The topological polar surface area (TPSA) is 59.8 Å². The number of aromatic nitrogens is 3. The maximum Gasteiger partial charge on any atom is 0.260 e. The Morgan fingerprint density at radius 2 is 1.82 bits per heavy atom. The molecule has 138 valence electrons. The number of amides is 1. The predicted molar refractivity (Wildman–Crippen MR) is 110 cm³/mol. The van der Waals surface area contributed by atoms with Crippen LogP contribution in [0.3, 0.4) is 0 Å². The van der Waals surface area contributed by atoms with Crippen molar-refractivity contribution >= 4 is 22.6 Å². The van der Waals surface area contributed by atoms with Crippen molar-refractivity contribution in [2.24, 2.45) is 0 Å². The van der Waals surface area contributed by atoms with Crippen LogP contribution in [-0.4, -0.2) is 20.7 Å². The fraction of sp³-hybridized carbons (Fsp3) is 0.174. The van der Waals surface area contributed by atoms with Crippen molar-refractivity contribution < 1.29 is 4.79 Å². The number of pyridine rings is 1. The quantitative estimate of drug-likeness (QED) is 0.560. The van der Waals surface area contributed by atoms with E-state index in [9.17, 15) is 4.79 Å². The lowest BCUT2D eigenvalue weighted by molar-refractivity contribution is 0.102. The lowest BCUT2D eigenvalue weighted by Gasteiger charge is -2.11. The maximum absolute atomic E-state index is 13.0. The number of hydrogen-bond acceptors (Lipinski definition) is 3. The summed E-state index contributed by atoms with van der Waals surface area (Å²) in [6, 6.07) is 19.8. The second-order valence-corrected chi connectivity index (χ2v) is 7.26. The smallest absolute Gasteiger partial charge is 0.260 e. The molecule has 0 atom stereocenters. The monoisotopic (exact) mass is 368 g/mol. The average molecular weight is 368 g/mol. The van der Waals surface area contributed by atoms with Gasteiger partial charge in [-0.15, -0.1) is 0 Å². The Morgan fingerprint density at radius 3 is 2.64 bits per heavy atom. The highest BCUT2D eigenvalue weighted by atomic mass is 16.1. The van der Waals surface area contributed by atoms with Crippen molar-refractivity contribution in [1.82, 2.24) is 14.8 Å². The molecule has 0 saturated heterocycles. The van der Waals surface area contributed by atoms with Crippen molar-refractivity contribution in [1.29, 1.82) is 0 Å². The van der Waals surface area contributed by atoms with Gasteiger partial charge in [0, 0.05) is 11.3 Å². The van der Waals surface area contributed by atoms with Gasteiger partial charge in [-0.3, -0.25) is 4.79 Å². The van der Waals surface area contributed by atoms with Crippen LogP contribution in [0.2, 0.25) is 0 Å². The number of nitrogens with zero attached hydrogens (tertiary/aromatic N) is 3. The molecule has 5 nitrogen and oxygen atoms in total. The van der Waals surface area contributed by atoms with Gasteiger partial charge in [0.1, 0.15) is 5.82 Å². The zero-order chi connectivity index (χ0) is 19.1. The van der Waals surface area contributed by atoms with E-state index in [0.29, 0.717) is 17.3 Å². The first-order valence-corrected chi connectivity index (χ1v) is 9.52. The van der Waals surface area contributed by atoms with E-state index in [1.165, 1.54) is 0 Å². The lowest BCUT2D eigenvalue weighted by Crippen LogP contribution is -2.15. The predicted octanol–water partition coefficient (Wildman–Crippen LogP) is 4.86. The number of para-hydroxylation sites is 2. The molecule has 1 fully saturated rings. The molecule has 0 spiro atoms. The van der Waals surface area contributed by atoms with Crippen molar-refractivity contribution in [3.63, 3.8) is 0 Å². The van der Waals surface area contributed by atoms with Crippen molar-refractivity contribution in [3.8, 4) is 5.69 Å². The van der Waals surface area contributed by atoms with Crippen molar-refractivity contribution in [3.05, 3.63) is 83.7 Å². The normalized spacial score (nSPS) is 13.6. The Morgan fingerprint density at radius 1 is 1.04 bits per heavy atom. The van der Waals surface area contributed by atoms with Gasteiger partial charge in [0.2, 0.25) is 0 Å². The molecule has 4 aromatic rings. The molecule has 2 heterocycles. The molecule has 1 N–H and O–H groups in total. The number of carbonyl (C=O) groups excluding carboxylic acids is 1. The van der Waals surface area contributed by atoms with Crippen LogP contribution in [0.25, 0.3) is 16.6 Å². The highest BCUT2D eigenvalue weighted by Crippen LogP contribution is 2.42. The molecule has 0 unspecified atom stereocenters. The van der Waals surface area contributed by atoms with E-state index in [1.807, 2.05) is 59.3 Å². The Bertz CT molecular complexity index is 1190. The summed E-state index contributed by atoms with van der Waals surface area (Å²) in [4.78, 5) is 17.6. The van der Waals surface area contributed by atoms with Crippen LogP contribution in [-0.2, 0) is 0 Å². The molecular weight excluding hydrogens is 348 g/mol. The van der Waals surface area contributed by atoms with Crippen LogP contribution >= 0.6 is 0 Å². The maximum atomic E-state index is 13.0. The van der Waals surface area contributed by atoms with Gasteiger partial charge in [-0.25, -0.2) is 9.67 Å². The van der Waals surface area contributed by atoms with Crippen LogP contribution in [0.5, 0.6) is 0 Å². The Hall–Kier alpha value is -3.47. The lowest BCUT2D eigenvalue weighted by atomic mass is 10.1. The van der Waals surface area contributed by atoms with Crippen LogP contribution in [0, 0.1) is 6.92 Å². The Labute approximate surface area is 163 Å². The van der Waals surface area contributed by atoms with Gasteiger partial charge >= 0.3 is 0 Å². The molecule has 1 aliphatic carbocycles. The standard InChI is InChI=1S/C23H20N4O/c1-15-6-2-5-9-20(15)27-22(17-10-11-17)18(14-24-27)23(28)26-21-13-12-16-7-3-4-8-19(16)25-21/h2-9,12-14,17H,10-11H2,1H3,(H,25,26,28). The number of carbonyl (C=O) groups is 1. The van der Waals surface area contributed by atoms with E-state index in [1.54, 1.807) is 6.20 Å². The first-order chi connectivity index (χ1) is 13.7. The molecule has 0 bridgehead atoms. The minimum absolute atomic E-state index is 0.162. The molecule has 2 aromatic heterocycles. The molecule has 2 aromatic carbocycles. The zero-order valence-electron chi connectivity index (χ0n) is 15.6. The van der Waals surface area contributed by atoms with E-state index in [2.05, 4.69) is 28.4 Å². The molecule has 1 saturated carbocycles. The molecule has 5 rings (SSSR count). The first-order valence-electron chi connectivity index (χ1n) is 9.52. The van der Waals surface area contributed by atoms with Gasteiger partial charge < -0.3 is 5.32 Å². The summed E-state index contributed by atoms with van der Waals surface area (Å²) in [6.45, 7) is 2.06. The fourth-order valence-electron chi connectivity index (χ4n) is 3.59. The third kappa shape index (κ3) is 2.95. The van der Waals surface area contributed by atoms with Crippen molar-refractivity contribution in [2.75, 3.05) is 5.32 Å². The van der Waals surface area contributed by atoms with Crippen LogP contribution < -0.4 is 5.32 Å². The Balaban J connectivity index is 1.50. The van der Waals surface area contributed by atoms with Crippen LogP contribution in [0.1, 0.15) is 40.4 Å². The highest BCUT2D eigenvalue weighted by molar-refractivity contribution is 6.05. The number of rotatable bonds is 4. The van der Waals surface area contributed by atoms with E-state index >= 15 is 0 Å². The van der Waals surface area contributed by atoms with Crippen LogP contribution in [0.15, 0.2) is 66.9 Å². The summed E-state index contributed by atoms with van der Waals surface area (Å²) in [5, 5.41) is 8.55. The summed E-state index contributed by atoms with van der Waals surface area (Å²) in [5.41, 5.74) is 4.63. The van der Waals surface area contributed by atoms with Gasteiger partial charge in [-0.05, 0) is 49.6 Å². The van der Waals surface area contributed by atoms with E-state index in [4.69, 9.17) is 0 Å². The van der Waals surface area contributed by atoms with E-state index in [-0.39, 0.29) is 5.91 Å². The molecular formula is C23H20N4O. The molecule has 5 heteroatoms. The summed E-state index contributed by atoms with van der Waals surface area (Å²) in [7, 11) is 0. The number of benzene rings is 2. The number of hydrogen-bond donors (Lipinski definition) is 1. The van der Waals surface area contributed by atoms with Gasteiger partial charge in [0.25, 0.3) is 5.91 Å². The molecule has 1 amide bonds. The van der Waals surface area contributed by atoms with E-state index < -0.39 is 0 Å². The number of nitrogens with one attached hydrogen (secondary N) is 1. The number of aryl methyl sites for hydroxylation is 1. The van der Waals surface area contributed by atoms with Crippen molar-refractivity contribution in [2.45, 2.75) is 25.7 Å².